The molecule has 1 aromatic carbocycles. The van der Waals surface area contributed by atoms with E-state index in [2.05, 4.69) is 4.90 Å². The van der Waals surface area contributed by atoms with Gasteiger partial charge < -0.3 is 14.4 Å². The topological polar surface area (TPSA) is 38.8 Å². The molecule has 3 rings (SSSR count). The molecule has 0 spiro atoms. The van der Waals surface area contributed by atoms with Gasteiger partial charge >= 0.3 is 5.97 Å². The lowest BCUT2D eigenvalue weighted by molar-refractivity contribution is -0.159. The Hall–Kier alpha value is -1.55. The van der Waals surface area contributed by atoms with Gasteiger partial charge in [-0.05, 0) is 70.2 Å². The van der Waals surface area contributed by atoms with Crippen LogP contribution in [0.1, 0.15) is 39.0 Å². The average molecular weight is 331 g/mol. The van der Waals surface area contributed by atoms with E-state index < -0.39 is 0 Å². The minimum Gasteiger partial charge on any atom is -0.494 e. The van der Waals surface area contributed by atoms with E-state index in [0.29, 0.717) is 13.2 Å². The fourth-order valence-electron chi connectivity index (χ4n) is 3.55. The molecule has 4 heteroatoms. The number of rotatable bonds is 8. The first-order valence-corrected chi connectivity index (χ1v) is 9.29. The van der Waals surface area contributed by atoms with Gasteiger partial charge in [0.25, 0.3) is 0 Å². The van der Waals surface area contributed by atoms with Crippen LogP contribution >= 0.6 is 0 Å². The smallest absolute Gasteiger partial charge is 0.312 e. The van der Waals surface area contributed by atoms with Gasteiger partial charge in [0.15, 0.2) is 0 Å². The van der Waals surface area contributed by atoms with E-state index >= 15 is 0 Å². The van der Waals surface area contributed by atoms with Crippen molar-refractivity contribution in [1.82, 2.24) is 4.90 Å². The molecule has 0 aromatic heterocycles. The summed E-state index contributed by atoms with van der Waals surface area (Å²) in [6, 6.07) is 9.81. The number of ether oxygens (including phenoxy) is 2. The first-order valence-electron chi connectivity index (χ1n) is 9.29. The van der Waals surface area contributed by atoms with Crippen molar-refractivity contribution < 1.29 is 14.3 Å². The first kappa shape index (κ1) is 17.3. The van der Waals surface area contributed by atoms with Crippen LogP contribution in [0.25, 0.3) is 0 Å². The van der Waals surface area contributed by atoms with Gasteiger partial charge in [-0.15, -0.1) is 0 Å². The number of esters is 1. The summed E-state index contributed by atoms with van der Waals surface area (Å²) >= 11 is 0. The first-order chi connectivity index (χ1) is 11.7. The Morgan fingerprint density at radius 1 is 1.21 bits per heavy atom. The summed E-state index contributed by atoms with van der Waals surface area (Å²) in [6.45, 7) is 6.10. The monoisotopic (exact) mass is 331 g/mol. The minimum absolute atomic E-state index is 0.0345. The number of para-hydroxylation sites is 1. The second-order valence-corrected chi connectivity index (χ2v) is 7.16. The van der Waals surface area contributed by atoms with Crippen LogP contribution in [0.5, 0.6) is 5.75 Å². The highest BCUT2D eigenvalue weighted by Crippen LogP contribution is 2.38. The summed E-state index contributed by atoms with van der Waals surface area (Å²) in [5.41, 5.74) is -0.370. The van der Waals surface area contributed by atoms with E-state index in [-0.39, 0.29) is 11.4 Å². The van der Waals surface area contributed by atoms with Crippen LogP contribution in [-0.4, -0.2) is 43.7 Å². The van der Waals surface area contributed by atoms with Crippen LogP contribution in [0.3, 0.4) is 0 Å². The summed E-state index contributed by atoms with van der Waals surface area (Å²) in [5, 5.41) is 0. The molecule has 4 nitrogen and oxygen atoms in total. The molecule has 132 valence electrons. The molecule has 24 heavy (non-hydrogen) atoms. The molecule has 2 aliphatic rings. The van der Waals surface area contributed by atoms with Crippen LogP contribution in [0, 0.1) is 11.3 Å². The van der Waals surface area contributed by atoms with Crippen molar-refractivity contribution in [2.75, 3.05) is 32.8 Å². The molecule has 1 aromatic rings. The Balaban J connectivity index is 1.55. The molecule has 2 fully saturated rings. The highest BCUT2D eigenvalue weighted by Gasteiger charge is 2.43. The highest BCUT2D eigenvalue weighted by molar-refractivity contribution is 5.77. The van der Waals surface area contributed by atoms with Crippen LogP contribution in [0.2, 0.25) is 0 Å². The van der Waals surface area contributed by atoms with Crippen molar-refractivity contribution in [3.8, 4) is 5.75 Å². The molecule has 1 heterocycles. The number of nitrogens with zero attached hydrogens (tertiary/aromatic N) is 1. The number of hydrogen-bond donors (Lipinski definition) is 0. The minimum atomic E-state index is -0.370. The van der Waals surface area contributed by atoms with Gasteiger partial charge in [0.2, 0.25) is 0 Å². The summed E-state index contributed by atoms with van der Waals surface area (Å²) in [5.74, 6) is 1.73. The van der Waals surface area contributed by atoms with Gasteiger partial charge in [-0.3, -0.25) is 4.79 Å². The fourth-order valence-corrected chi connectivity index (χ4v) is 3.55. The predicted molar refractivity (Wildman–Crippen MR) is 94.0 cm³/mol. The quantitative estimate of drug-likeness (QED) is 0.683. The third kappa shape index (κ3) is 4.50. The van der Waals surface area contributed by atoms with Crippen LogP contribution in [0.4, 0.5) is 0 Å². The van der Waals surface area contributed by atoms with E-state index in [1.165, 1.54) is 19.4 Å². The molecule has 0 N–H and O–H groups in total. The molecule has 1 aliphatic carbocycles. The number of carbonyl (C=O) groups excluding carboxylic acids is 1. The fraction of sp³-hybridized carbons (Fsp3) is 0.650. The van der Waals surface area contributed by atoms with E-state index in [1.807, 2.05) is 37.3 Å². The molecule has 0 amide bonds. The van der Waals surface area contributed by atoms with Gasteiger partial charge in [-0.1, -0.05) is 18.2 Å². The van der Waals surface area contributed by atoms with Crippen LogP contribution < -0.4 is 4.74 Å². The number of benzene rings is 1. The summed E-state index contributed by atoms with van der Waals surface area (Å²) in [7, 11) is 0. The van der Waals surface area contributed by atoms with Gasteiger partial charge in [0.1, 0.15) is 5.75 Å². The summed E-state index contributed by atoms with van der Waals surface area (Å²) < 4.78 is 11.2. The zero-order valence-corrected chi connectivity index (χ0v) is 14.7. The van der Waals surface area contributed by atoms with Crippen LogP contribution in [-0.2, 0) is 9.53 Å². The average Bonchev–Trinajstić information content (AvgIpc) is 3.42. The normalized spacial score (nSPS) is 20.5. The van der Waals surface area contributed by atoms with E-state index in [1.54, 1.807) is 0 Å². The van der Waals surface area contributed by atoms with Crippen molar-refractivity contribution in [2.24, 2.45) is 11.3 Å². The van der Waals surface area contributed by atoms with Crippen molar-refractivity contribution in [1.29, 1.82) is 0 Å². The molecule has 0 unspecified atom stereocenters. The maximum absolute atomic E-state index is 12.6. The zero-order chi connectivity index (χ0) is 16.8. The Morgan fingerprint density at radius 2 is 1.92 bits per heavy atom. The second kappa shape index (κ2) is 8.02. The van der Waals surface area contributed by atoms with Gasteiger partial charge in [-0.25, -0.2) is 0 Å². The lowest BCUT2D eigenvalue weighted by Crippen LogP contribution is -2.46. The number of hydrogen-bond acceptors (Lipinski definition) is 4. The van der Waals surface area contributed by atoms with Gasteiger partial charge in [0.05, 0.1) is 18.6 Å². The molecule has 1 saturated carbocycles. The molecular formula is C20H29NO3. The number of likely N-dealkylation sites (tertiary alicyclic amines) is 1. The molecule has 1 aliphatic heterocycles. The lowest BCUT2D eigenvalue weighted by Gasteiger charge is -2.40. The Bertz CT molecular complexity index is 519. The Labute approximate surface area is 145 Å². The standard InChI is InChI=1S/C20H29NO3/c1-2-23-19(22)20(12-15-24-18-6-4-3-5-7-18)10-13-21(14-11-20)16-17-8-9-17/h3-7,17H,2,8-16H2,1H3. The maximum Gasteiger partial charge on any atom is 0.312 e. The molecule has 0 atom stereocenters. The van der Waals surface area contributed by atoms with E-state index in [4.69, 9.17) is 9.47 Å². The van der Waals surface area contributed by atoms with Crippen LogP contribution in [0.15, 0.2) is 30.3 Å². The van der Waals surface area contributed by atoms with Crippen molar-refractivity contribution in [2.45, 2.75) is 39.0 Å². The zero-order valence-electron chi connectivity index (χ0n) is 14.7. The molecule has 0 bridgehead atoms. The largest absolute Gasteiger partial charge is 0.494 e. The summed E-state index contributed by atoms with van der Waals surface area (Å²) in [4.78, 5) is 15.1. The Morgan fingerprint density at radius 3 is 2.54 bits per heavy atom. The van der Waals surface area contributed by atoms with Gasteiger partial charge in [-0.2, -0.15) is 0 Å². The van der Waals surface area contributed by atoms with Crippen molar-refractivity contribution in [3.63, 3.8) is 0 Å². The number of carbonyl (C=O) groups is 1. The molecular weight excluding hydrogens is 302 g/mol. The molecule has 0 radical (unpaired) electrons. The molecule has 1 saturated heterocycles. The predicted octanol–water partition coefficient (Wildman–Crippen LogP) is 3.51. The van der Waals surface area contributed by atoms with Crippen molar-refractivity contribution >= 4 is 5.97 Å². The van der Waals surface area contributed by atoms with E-state index in [0.717, 1.165) is 44.0 Å². The summed E-state index contributed by atoms with van der Waals surface area (Å²) in [6.07, 6.45) is 5.26. The third-order valence-electron chi connectivity index (χ3n) is 5.33. The van der Waals surface area contributed by atoms with E-state index in [9.17, 15) is 4.79 Å². The van der Waals surface area contributed by atoms with Crippen molar-refractivity contribution in [3.05, 3.63) is 30.3 Å². The third-order valence-corrected chi connectivity index (χ3v) is 5.33. The highest BCUT2D eigenvalue weighted by atomic mass is 16.5. The lowest BCUT2D eigenvalue weighted by atomic mass is 9.75. The SMILES string of the molecule is CCOC(=O)C1(CCOc2ccccc2)CCN(CC2CC2)CC1. The Kier molecular flexibility index (Phi) is 5.77. The number of piperidine rings is 1. The maximum atomic E-state index is 12.6. The van der Waals surface area contributed by atoms with Gasteiger partial charge in [0, 0.05) is 6.54 Å². The second-order valence-electron chi connectivity index (χ2n) is 7.16.